The minimum Gasteiger partial charge on any atom is -0.482 e. The Balaban J connectivity index is 1.83. The number of aromatic nitrogens is 1. The van der Waals surface area contributed by atoms with Gasteiger partial charge in [0.1, 0.15) is 5.75 Å². The van der Waals surface area contributed by atoms with Gasteiger partial charge in [-0.25, -0.2) is 4.99 Å². The summed E-state index contributed by atoms with van der Waals surface area (Å²) in [6.45, 7) is 8.55. The fourth-order valence-corrected chi connectivity index (χ4v) is 4.43. The van der Waals surface area contributed by atoms with Gasteiger partial charge in [0.2, 0.25) is 0 Å². The summed E-state index contributed by atoms with van der Waals surface area (Å²) in [7, 11) is 0. The summed E-state index contributed by atoms with van der Waals surface area (Å²) < 4.78 is 7.71. The number of rotatable bonds is 3. The van der Waals surface area contributed by atoms with Crippen molar-refractivity contribution in [1.82, 2.24) is 4.57 Å². The molecule has 3 aromatic rings. The molecule has 28 heavy (non-hydrogen) atoms. The molecular formula is C22H23N3O2S. The van der Waals surface area contributed by atoms with Gasteiger partial charge in [-0.3, -0.25) is 4.79 Å². The van der Waals surface area contributed by atoms with Crippen LogP contribution >= 0.6 is 11.3 Å². The number of fused-ring (bicyclic) bond motifs is 1. The zero-order valence-corrected chi connectivity index (χ0v) is 17.3. The van der Waals surface area contributed by atoms with Crippen LogP contribution < -0.4 is 14.9 Å². The molecule has 0 saturated carbocycles. The number of thiazole rings is 1. The molecule has 0 saturated heterocycles. The first-order chi connectivity index (χ1) is 13.4. The van der Waals surface area contributed by atoms with E-state index >= 15 is 0 Å². The molecule has 0 aliphatic carbocycles. The highest BCUT2D eigenvalue weighted by atomic mass is 32.1. The maximum absolute atomic E-state index is 11.7. The molecule has 0 unspecified atom stereocenters. The van der Waals surface area contributed by atoms with Gasteiger partial charge in [-0.1, -0.05) is 17.7 Å². The lowest BCUT2D eigenvalue weighted by Gasteiger charge is -2.19. The third-order valence-corrected chi connectivity index (χ3v) is 5.57. The Morgan fingerprint density at radius 2 is 2.00 bits per heavy atom. The minimum atomic E-state index is -0.128. The number of anilines is 1. The van der Waals surface area contributed by atoms with Crippen molar-refractivity contribution in [3.63, 3.8) is 0 Å². The van der Waals surface area contributed by atoms with E-state index in [1.54, 1.807) is 11.3 Å². The number of amides is 1. The number of hydrogen-bond acceptors (Lipinski definition) is 4. The van der Waals surface area contributed by atoms with Crippen LogP contribution in [0.2, 0.25) is 0 Å². The highest BCUT2D eigenvalue weighted by molar-refractivity contribution is 7.07. The molecule has 0 bridgehead atoms. The summed E-state index contributed by atoms with van der Waals surface area (Å²) in [5.74, 6) is 0.576. The molecule has 2 aromatic carbocycles. The van der Waals surface area contributed by atoms with Crippen molar-refractivity contribution in [1.29, 1.82) is 0 Å². The van der Waals surface area contributed by atoms with Gasteiger partial charge in [0, 0.05) is 17.0 Å². The number of carbonyl (C=O) groups excluding carboxylic acids is 1. The summed E-state index contributed by atoms with van der Waals surface area (Å²) in [6, 6.07) is 12.5. The molecule has 1 aliphatic heterocycles. The van der Waals surface area contributed by atoms with E-state index in [2.05, 4.69) is 61.2 Å². The lowest BCUT2D eigenvalue weighted by atomic mass is 10.1. The number of hydrogen-bond donors (Lipinski definition) is 1. The summed E-state index contributed by atoms with van der Waals surface area (Å²) in [4.78, 5) is 17.5. The van der Waals surface area contributed by atoms with Gasteiger partial charge in [-0.15, -0.1) is 11.3 Å². The summed E-state index contributed by atoms with van der Waals surface area (Å²) in [5.41, 5.74) is 6.20. The summed E-state index contributed by atoms with van der Waals surface area (Å²) in [5, 5.41) is 5.01. The average molecular weight is 394 g/mol. The van der Waals surface area contributed by atoms with Gasteiger partial charge >= 0.3 is 0 Å². The standard InChI is InChI=1S/C22H23N3O2S/c1-13(2)25-19(16-6-8-20-18(10-16)23-21(26)11-27-20)12-28-22(25)24-17-7-5-14(3)9-15(17)4/h5-10,12-13H,11H2,1-4H3,(H,23,26). The van der Waals surface area contributed by atoms with Gasteiger partial charge in [0.15, 0.2) is 11.4 Å². The topological polar surface area (TPSA) is 55.6 Å². The first kappa shape index (κ1) is 18.5. The molecule has 1 aliphatic rings. The van der Waals surface area contributed by atoms with Crippen LogP contribution in [-0.2, 0) is 4.79 Å². The van der Waals surface area contributed by atoms with Crippen molar-refractivity contribution in [2.75, 3.05) is 11.9 Å². The maximum Gasteiger partial charge on any atom is 0.262 e. The first-order valence-electron chi connectivity index (χ1n) is 9.31. The SMILES string of the molecule is Cc1ccc(N=c2scc(-c3ccc4c(c3)NC(=O)CO4)n2C(C)C)c(C)c1. The van der Waals surface area contributed by atoms with Gasteiger partial charge in [-0.05, 0) is 57.5 Å². The van der Waals surface area contributed by atoms with Gasteiger partial charge in [0.25, 0.3) is 5.91 Å². The van der Waals surface area contributed by atoms with Crippen LogP contribution in [0.5, 0.6) is 5.75 Å². The molecule has 0 fully saturated rings. The van der Waals surface area contributed by atoms with E-state index in [1.165, 1.54) is 11.1 Å². The quantitative estimate of drug-likeness (QED) is 0.682. The van der Waals surface area contributed by atoms with Crippen LogP contribution in [0.25, 0.3) is 11.3 Å². The first-order valence-corrected chi connectivity index (χ1v) is 10.2. The molecule has 1 N–H and O–H groups in total. The maximum atomic E-state index is 11.7. The number of ether oxygens (including phenoxy) is 1. The van der Waals surface area contributed by atoms with Gasteiger partial charge in [-0.2, -0.15) is 0 Å². The molecular weight excluding hydrogens is 370 g/mol. The van der Waals surface area contributed by atoms with E-state index in [0.29, 0.717) is 11.4 Å². The van der Waals surface area contributed by atoms with E-state index < -0.39 is 0 Å². The van der Waals surface area contributed by atoms with Crippen molar-refractivity contribution < 1.29 is 9.53 Å². The fourth-order valence-electron chi connectivity index (χ4n) is 3.39. The van der Waals surface area contributed by atoms with E-state index in [-0.39, 0.29) is 18.6 Å². The smallest absolute Gasteiger partial charge is 0.262 e. The second-order valence-corrected chi connectivity index (χ2v) is 8.15. The van der Waals surface area contributed by atoms with Crippen molar-refractivity contribution in [3.05, 3.63) is 57.7 Å². The Morgan fingerprint density at radius 1 is 1.18 bits per heavy atom. The molecule has 1 aromatic heterocycles. The molecule has 144 valence electrons. The van der Waals surface area contributed by atoms with Crippen molar-refractivity contribution in [2.24, 2.45) is 4.99 Å². The van der Waals surface area contributed by atoms with Gasteiger partial charge < -0.3 is 14.6 Å². The third-order valence-electron chi connectivity index (χ3n) is 4.73. The average Bonchev–Trinajstić information content (AvgIpc) is 3.07. The molecule has 0 radical (unpaired) electrons. The normalized spacial score (nSPS) is 14.0. The molecule has 6 heteroatoms. The Bertz CT molecular complexity index is 1130. The van der Waals surface area contributed by atoms with Crippen LogP contribution in [0.1, 0.15) is 31.0 Å². The van der Waals surface area contributed by atoms with Crippen LogP contribution in [0, 0.1) is 13.8 Å². The van der Waals surface area contributed by atoms with E-state index in [1.807, 2.05) is 18.2 Å². The van der Waals surface area contributed by atoms with Crippen LogP contribution in [0.4, 0.5) is 11.4 Å². The number of benzene rings is 2. The van der Waals surface area contributed by atoms with E-state index in [0.717, 1.165) is 21.7 Å². The molecule has 2 heterocycles. The molecule has 4 rings (SSSR count). The molecule has 0 spiro atoms. The Labute approximate surface area is 168 Å². The van der Waals surface area contributed by atoms with Crippen molar-refractivity contribution in [2.45, 2.75) is 33.7 Å². The summed E-state index contributed by atoms with van der Waals surface area (Å²) in [6.07, 6.45) is 0. The zero-order chi connectivity index (χ0) is 19.8. The molecule has 1 amide bonds. The third kappa shape index (κ3) is 3.47. The van der Waals surface area contributed by atoms with E-state index in [4.69, 9.17) is 9.73 Å². The predicted octanol–water partition coefficient (Wildman–Crippen LogP) is 4.98. The lowest BCUT2D eigenvalue weighted by Crippen LogP contribution is -2.25. The summed E-state index contributed by atoms with van der Waals surface area (Å²) >= 11 is 1.62. The number of carbonyl (C=O) groups is 1. The van der Waals surface area contributed by atoms with Crippen molar-refractivity contribution in [3.8, 4) is 17.0 Å². The minimum absolute atomic E-state index is 0.0652. The van der Waals surface area contributed by atoms with Crippen molar-refractivity contribution >= 4 is 28.6 Å². The zero-order valence-electron chi connectivity index (χ0n) is 16.4. The van der Waals surface area contributed by atoms with Crippen LogP contribution in [0.3, 0.4) is 0 Å². The van der Waals surface area contributed by atoms with E-state index in [9.17, 15) is 4.79 Å². The number of aryl methyl sites for hydroxylation is 2. The lowest BCUT2D eigenvalue weighted by molar-refractivity contribution is -0.118. The largest absolute Gasteiger partial charge is 0.482 e. The second kappa shape index (κ2) is 7.28. The number of nitrogens with one attached hydrogen (secondary N) is 1. The predicted molar refractivity (Wildman–Crippen MR) is 113 cm³/mol. The highest BCUT2D eigenvalue weighted by Crippen LogP contribution is 2.33. The van der Waals surface area contributed by atoms with Gasteiger partial charge in [0.05, 0.1) is 17.1 Å². The monoisotopic (exact) mass is 393 g/mol. The fraction of sp³-hybridized carbons (Fsp3) is 0.273. The van der Waals surface area contributed by atoms with Crippen LogP contribution in [-0.4, -0.2) is 17.1 Å². The highest BCUT2D eigenvalue weighted by Gasteiger charge is 2.18. The Morgan fingerprint density at radius 3 is 2.75 bits per heavy atom. The Hall–Kier alpha value is -2.86. The number of nitrogens with zero attached hydrogens (tertiary/aromatic N) is 2. The van der Waals surface area contributed by atoms with Crippen LogP contribution in [0.15, 0.2) is 46.8 Å². The molecule has 0 atom stereocenters. The molecule has 5 nitrogen and oxygen atoms in total. The Kier molecular flexibility index (Phi) is 4.81. The second-order valence-electron chi connectivity index (χ2n) is 7.32.